The highest BCUT2D eigenvalue weighted by Crippen LogP contribution is 2.18. The first-order chi connectivity index (χ1) is 13.3. The molecule has 0 spiro atoms. The summed E-state index contributed by atoms with van der Waals surface area (Å²) in [6.07, 6.45) is 2.54. The fraction of sp³-hybridized carbons (Fsp3) is 0.100. The van der Waals surface area contributed by atoms with Crippen molar-refractivity contribution in [1.82, 2.24) is 4.57 Å². The molecule has 0 saturated carbocycles. The Morgan fingerprint density at radius 1 is 1.04 bits per heavy atom. The molecule has 0 bridgehead atoms. The average Bonchev–Trinajstić information content (AvgIpc) is 2.65. The molecule has 0 saturated heterocycles. The van der Waals surface area contributed by atoms with Gasteiger partial charge in [-0.15, -0.1) is 0 Å². The lowest BCUT2D eigenvalue weighted by Crippen LogP contribution is -2.22. The number of carbonyl (C=O) groups is 1. The molecule has 3 rings (SSSR count). The van der Waals surface area contributed by atoms with Crippen molar-refractivity contribution in [3.63, 3.8) is 0 Å². The number of aromatic nitrogens is 1. The van der Waals surface area contributed by atoms with E-state index in [4.69, 9.17) is 11.6 Å². The molecule has 1 aromatic heterocycles. The third-order valence-electron chi connectivity index (χ3n) is 4.07. The van der Waals surface area contributed by atoms with Crippen molar-refractivity contribution in [2.24, 2.45) is 0 Å². The highest BCUT2D eigenvalue weighted by atomic mass is 35.5. The molecule has 0 unspecified atom stereocenters. The van der Waals surface area contributed by atoms with Gasteiger partial charge in [0.05, 0.1) is 22.7 Å². The zero-order valence-corrected chi connectivity index (χ0v) is 16.5. The molecule has 0 radical (unpaired) electrons. The Morgan fingerprint density at radius 2 is 1.71 bits per heavy atom. The lowest BCUT2D eigenvalue weighted by atomic mass is 10.2. The van der Waals surface area contributed by atoms with Crippen LogP contribution in [-0.2, 0) is 16.4 Å². The molecular weight excluding hydrogens is 400 g/mol. The minimum Gasteiger partial charge on any atom is -0.321 e. The maximum Gasteiger partial charge on any atom is 0.257 e. The van der Waals surface area contributed by atoms with Crippen molar-refractivity contribution in [3.05, 3.63) is 93.4 Å². The van der Waals surface area contributed by atoms with Gasteiger partial charge in [-0.05, 0) is 29.8 Å². The van der Waals surface area contributed by atoms with Crippen LogP contribution in [0.15, 0.2) is 76.6 Å². The molecule has 144 valence electrons. The van der Waals surface area contributed by atoms with Gasteiger partial charge in [0.1, 0.15) is 0 Å². The minimum atomic E-state index is -3.56. The number of anilines is 1. The Kier molecular flexibility index (Phi) is 5.67. The molecule has 8 heteroatoms. The molecule has 1 heterocycles. The summed E-state index contributed by atoms with van der Waals surface area (Å²) in [6, 6.07) is 15.9. The number of amides is 1. The summed E-state index contributed by atoms with van der Waals surface area (Å²) in [6.45, 7) is 0.238. The van der Waals surface area contributed by atoms with Crippen LogP contribution in [0.5, 0.6) is 0 Å². The van der Waals surface area contributed by atoms with Crippen molar-refractivity contribution in [2.75, 3.05) is 11.6 Å². The summed E-state index contributed by atoms with van der Waals surface area (Å²) >= 11 is 6.15. The van der Waals surface area contributed by atoms with Crippen molar-refractivity contribution in [3.8, 4) is 0 Å². The minimum absolute atomic E-state index is 0.0360. The van der Waals surface area contributed by atoms with E-state index in [-0.39, 0.29) is 22.6 Å². The van der Waals surface area contributed by atoms with Crippen LogP contribution in [0, 0.1) is 0 Å². The summed E-state index contributed by atoms with van der Waals surface area (Å²) in [4.78, 5) is 24.7. The number of carbonyl (C=O) groups excluding carboxylic acids is 1. The van der Waals surface area contributed by atoms with E-state index < -0.39 is 15.7 Å². The molecule has 0 aliphatic rings. The molecule has 28 heavy (non-hydrogen) atoms. The van der Waals surface area contributed by atoms with E-state index in [1.807, 2.05) is 12.1 Å². The number of sulfone groups is 1. The van der Waals surface area contributed by atoms with E-state index in [9.17, 15) is 18.0 Å². The van der Waals surface area contributed by atoms with Gasteiger partial charge in [-0.2, -0.15) is 0 Å². The van der Waals surface area contributed by atoms with Crippen LogP contribution in [0.3, 0.4) is 0 Å². The number of hydrogen-bond acceptors (Lipinski definition) is 4. The van der Waals surface area contributed by atoms with E-state index in [0.29, 0.717) is 10.7 Å². The predicted molar refractivity (Wildman–Crippen MR) is 109 cm³/mol. The maximum absolute atomic E-state index is 12.6. The first-order valence-corrected chi connectivity index (χ1v) is 10.6. The van der Waals surface area contributed by atoms with Gasteiger partial charge in [0.2, 0.25) is 0 Å². The highest BCUT2D eigenvalue weighted by Gasteiger charge is 2.18. The van der Waals surface area contributed by atoms with Crippen LogP contribution in [-0.4, -0.2) is 25.1 Å². The molecule has 0 fully saturated rings. The molecule has 0 aliphatic carbocycles. The summed E-state index contributed by atoms with van der Waals surface area (Å²) in [5, 5.41) is 3.18. The van der Waals surface area contributed by atoms with Crippen LogP contribution >= 0.6 is 11.6 Å². The van der Waals surface area contributed by atoms with E-state index >= 15 is 0 Å². The predicted octanol–water partition coefficient (Wildman–Crippen LogP) is 3.21. The van der Waals surface area contributed by atoms with Gasteiger partial charge >= 0.3 is 0 Å². The van der Waals surface area contributed by atoms with Crippen molar-refractivity contribution < 1.29 is 13.2 Å². The van der Waals surface area contributed by atoms with Crippen molar-refractivity contribution in [1.29, 1.82) is 0 Å². The van der Waals surface area contributed by atoms with Gasteiger partial charge in [-0.25, -0.2) is 8.42 Å². The first-order valence-electron chi connectivity index (χ1n) is 8.30. The average molecular weight is 417 g/mol. The monoisotopic (exact) mass is 416 g/mol. The molecular formula is C20H17ClN2O4S. The van der Waals surface area contributed by atoms with Gasteiger partial charge in [0.25, 0.3) is 11.5 Å². The molecule has 0 aliphatic heterocycles. The number of rotatable bonds is 5. The fourth-order valence-corrected chi connectivity index (χ4v) is 3.80. The molecule has 3 aromatic rings. The summed E-state index contributed by atoms with van der Waals surface area (Å²) in [5.74, 6) is -0.580. The van der Waals surface area contributed by atoms with E-state index in [1.54, 1.807) is 24.3 Å². The molecule has 0 atom stereocenters. The van der Waals surface area contributed by atoms with Gasteiger partial charge in [0.15, 0.2) is 9.84 Å². The maximum atomic E-state index is 12.6. The smallest absolute Gasteiger partial charge is 0.257 e. The van der Waals surface area contributed by atoms with Crippen LogP contribution in [0.25, 0.3) is 0 Å². The first kappa shape index (κ1) is 19.9. The second-order valence-electron chi connectivity index (χ2n) is 6.20. The van der Waals surface area contributed by atoms with Gasteiger partial charge in [0, 0.05) is 23.5 Å². The lowest BCUT2D eigenvalue weighted by Gasteiger charge is -2.12. The Hall–Kier alpha value is -2.90. The lowest BCUT2D eigenvalue weighted by molar-refractivity contribution is 0.102. The van der Waals surface area contributed by atoms with Gasteiger partial charge < -0.3 is 9.88 Å². The normalized spacial score (nSPS) is 11.2. The third-order valence-corrected chi connectivity index (χ3v) is 5.59. The molecule has 1 amide bonds. The fourth-order valence-electron chi connectivity index (χ4n) is 2.71. The van der Waals surface area contributed by atoms with Gasteiger partial charge in [-0.1, -0.05) is 41.9 Å². The van der Waals surface area contributed by atoms with Crippen molar-refractivity contribution >= 4 is 33.0 Å². The number of nitrogens with zero attached hydrogens (tertiary/aromatic N) is 1. The van der Waals surface area contributed by atoms with E-state index in [2.05, 4.69) is 5.32 Å². The summed E-state index contributed by atoms with van der Waals surface area (Å²) in [7, 11) is -3.56. The molecule has 1 N–H and O–H groups in total. The van der Waals surface area contributed by atoms with Crippen LogP contribution in [0.1, 0.15) is 15.9 Å². The number of halogens is 1. The van der Waals surface area contributed by atoms with E-state index in [0.717, 1.165) is 11.8 Å². The van der Waals surface area contributed by atoms with Crippen LogP contribution < -0.4 is 10.9 Å². The standard InChI is InChI=1S/C20H17ClN2O4S/c1-28(26,27)18-9-5-3-7-16(18)20(25)22-15-10-11-19(24)23(13-15)12-14-6-2-4-8-17(14)21/h2-11,13H,12H2,1H3,(H,22,25). The summed E-state index contributed by atoms with van der Waals surface area (Å²) < 4.78 is 25.2. The Morgan fingerprint density at radius 3 is 2.43 bits per heavy atom. The largest absolute Gasteiger partial charge is 0.321 e. The van der Waals surface area contributed by atoms with Gasteiger partial charge in [-0.3, -0.25) is 9.59 Å². The van der Waals surface area contributed by atoms with E-state index in [1.165, 1.54) is 35.0 Å². The molecule has 2 aromatic carbocycles. The zero-order valence-electron chi connectivity index (χ0n) is 14.9. The Bertz CT molecular complexity index is 1200. The number of nitrogens with one attached hydrogen (secondary N) is 1. The number of benzene rings is 2. The summed E-state index contributed by atoms with van der Waals surface area (Å²) in [5.41, 5.74) is 0.903. The van der Waals surface area contributed by atoms with Crippen LogP contribution in [0.4, 0.5) is 5.69 Å². The second-order valence-corrected chi connectivity index (χ2v) is 8.59. The van der Waals surface area contributed by atoms with Crippen LogP contribution in [0.2, 0.25) is 5.02 Å². The Balaban J connectivity index is 1.89. The SMILES string of the molecule is CS(=O)(=O)c1ccccc1C(=O)Nc1ccc(=O)n(Cc2ccccc2Cl)c1. The highest BCUT2D eigenvalue weighted by molar-refractivity contribution is 7.90. The van der Waals surface area contributed by atoms with Crippen molar-refractivity contribution in [2.45, 2.75) is 11.4 Å². The quantitative estimate of drug-likeness (QED) is 0.692. The number of pyridine rings is 1. The number of hydrogen-bond donors (Lipinski definition) is 1. The second kappa shape index (κ2) is 8.00. The topological polar surface area (TPSA) is 85.2 Å². The molecule has 6 nitrogen and oxygen atoms in total. The Labute approximate surface area is 167 Å². The third kappa shape index (κ3) is 4.49. The zero-order chi connectivity index (χ0) is 20.3.